The van der Waals surface area contributed by atoms with Crippen molar-refractivity contribution in [2.24, 2.45) is 0 Å². The zero-order chi connectivity index (χ0) is 28.4. The standard InChI is InChI=1S/C31H31N4O4PS/c1-3-37-40(36,38-4-2)30(33-31-24(19-32)23-15-9-11-17-28(23)41-31)25-20-35(22-13-6-5-7-14-22)34-29(25)27-18-21-12-8-10-16-26(21)39-27/h5-8,10,12-14,16,18,20,30,33H,3-4,9,11,15,17H2,1-2H3. The first-order valence-electron chi connectivity index (χ1n) is 13.9. The second kappa shape index (κ2) is 11.7. The lowest BCUT2D eigenvalue weighted by Gasteiger charge is -2.27. The molecule has 0 bridgehead atoms. The van der Waals surface area contributed by atoms with E-state index in [2.05, 4.69) is 11.4 Å². The molecule has 3 heterocycles. The molecule has 10 heteroatoms. The van der Waals surface area contributed by atoms with E-state index in [1.807, 2.05) is 66.9 Å². The summed E-state index contributed by atoms with van der Waals surface area (Å²) in [7, 11) is -3.82. The van der Waals surface area contributed by atoms with Gasteiger partial charge in [-0.3, -0.25) is 4.57 Å². The van der Waals surface area contributed by atoms with Gasteiger partial charge in [0.15, 0.2) is 11.5 Å². The number of nitrogens with one attached hydrogen (secondary N) is 1. The van der Waals surface area contributed by atoms with Crippen molar-refractivity contribution in [1.82, 2.24) is 9.78 Å². The lowest BCUT2D eigenvalue weighted by atomic mass is 9.96. The van der Waals surface area contributed by atoms with Crippen molar-refractivity contribution in [2.75, 3.05) is 18.5 Å². The van der Waals surface area contributed by atoms with E-state index in [9.17, 15) is 9.83 Å². The molecule has 2 aromatic carbocycles. The molecule has 0 aliphatic heterocycles. The number of aryl methyl sites for hydroxylation is 1. The zero-order valence-electron chi connectivity index (χ0n) is 23.0. The van der Waals surface area contributed by atoms with Crippen LogP contribution in [0.25, 0.3) is 28.1 Å². The van der Waals surface area contributed by atoms with E-state index in [1.165, 1.54) is 4.88 Å². The van der Waals surface area contributed by atoms with Gasteiger partial charge in [0.05, 0.1) is 24.5 Å². The van der Waals surface area contributed by atoms with Gasteiger partial charge in [0.1, 0.15) is 22.3 Å². The summed E-state index contributed by atoms with van der Waals surface area (Å²) < 4.78 is 34.5. The van der Waals surface area contributed by atoms with Crippen LogP contribution in [-0.4, -0.2) is 23.0 Å². The quantitative estimate of drug-likeness (QED) is 0.164. The van der Waals surface area contributed by atoms with Gasteiger partial charge < -0.3 is 18.8 Å². The number of hydrogen-bond donors (Lipinski definition) is 1. The lowest BCUT2D eigenvalue weighted by molar-refractivity contribution is 0.214. The average Bonchev–Trinajstić information content (AvgIpc) is 3.71. The van der Waals surface area contributed by atoms with Gasteiger partial charge in [-0.15, -0.1) is 11.3 Å². The van der Waals surface area contributed by atoms with Crippen LogP contribution in [0.15, 0.2) is 71.3 Å². The number of aromatic nitrogens is 2. The summed E-state index contributed by atoms with van der Waals surface area (Å²) in [6.45, 7) is 3.96. The van der Waals surface area contributed by atoms with Crippen molar-refractivity contribution < 1.29 is 18.0 Å². The molecule has 8 nitrogen and oxygen atoms in total. The molecule has 0 saturated heterocycles. The summed E-state index contributed by atoms with van der Waals surface area (Å²) >= 11 is 1.55. The zero-order valence-corrected chi connectivity index (χ0v) is 24.7. The Labute approximate surface area is 243 Å². The minimum absolute atomic E-state index is 0.189. The molecule has 0 fully saturated rings. The van der Waals surface area contributed by atoms with Gasteiger partial charge in [0.25, 0.3) is 0 Å². The third kappa shape index (κ3) is 5.25. The molecule has 41 heavy (non-hydrogen) atoms. The summed E-state index contributed by atoms with van der Waals surface area (Å²) in [6, 6.07) is 21.8. The predicted octanol–water partition coefficient (Wildman–Crippen LogP) is 8.47. The second-order valence-corrected chi connectivity index (χ2v) is 13.0. The van der Waals surface area contributed by atoms with Crippen LogP contribution in [0.5, 0.6) is 0 Å². The van der Waals surface area contributed by atoms with Crippen molar-refractivity contribution in [3.05, 3.63) is 88.4 Å². The lowest BCUT2D eigenvalue weighted by Crippen LogP contribution is -2.16. The Morgan fingerprint density at radius 1 is 1.10 bits per heavy atom. The fourth-order valence-electron chi connectivity index (χ4n) is 5.37. The van der Waals surface area contributed by atoms with E-state index in [-0.39, 0.29) is 13.2 Å². The first-order chi connectivity index (χ1) is 20.0. The van der Waals surface area contributed by atoms with Crippen molar-refractivity contribution in [1.29, 1.82) is 5.26 Å². The maximum Gasteiger partial charge on any atom is 0.357 e. The molecule has 1 N–H and O–H groups in total. The average molecular weight is 587 g/mol. The van der Waals surface area contributed by atoms with Gasteiger partial charge in [-0.1, -0.05) is 36.4 Å². The molecular formula is C31H31N4O4PS. The SMILES string of the molecule is CCOP(=O)(OCC)C(Nc1sc2c(c1C#N)CCCC2)c1cn(-c2ccccc2)nc1-c1cc2ccccc2o1. The van der Waals surface area contributed by atoms with Crippen LogP contribution >= 0.6 is 18.9 Å². The Bertz CT molecular complexity index is 1720. The number of thiophene rings is 1. The van der Waals surface area contributed by atoms with Gasteiger partial charge in [-0.25, -0.2) is 4.68 Å². The number of hydrogen-bond acceptors (Lipinski definition) is 8. The first kappa shape index (κ1) is 27.5. The van der Waals surface area contributed by atoms with Crippen LogP contribution in [0.2, 0.25) is 0 Å². The van der Waals surface area contributed by atoms with Crippen molar-refractivity contribution in [3.63, 3.8) is 0 Å². The highest BCUT2D eigenvalue weighted by atomic mass is 32.1. The number of benzene rings is 2. The molecule has 0 saturated carbocycles. The minimum Gasteiger partial charge on any atom is -0.454 e. The normalized spacial score (nSPS) is 14.1. The number of anilines is 1. The van der Waals surface area contributed by atoms with Crippen LogP contribution in [0, 0.1) is 11.3 Å². The molecule has 6 rings (SSSR count). The monoisotopic (exact) mass is 586 g/mol. The molecule has 210 valence electrons. The Hall–Kier alpha value is -3.67. The smallest absolute Gasteiger partial charge is 0.357 e. The van der Waals surface area contributed by atoms with E-state index >= 15 is 0 Å². The second-order valence-electron chi connectivity index (χ2n) is 9.81. The largest absolute Gasteiger partial charge is 0.454 e. The van der Waals surface area contributed by atoms with Crippen LogP contribution in [0.1, 0.15) is 54.0 Å². The molecule has 0 spiro atoms. The molecular weight excluding hydrogens is 555 g/mol. The fourth-order valence-corrected chi connectivity index (χ4v) is 8.64. The summed E-state index contributed by atoms with van der Waals surface area (Å²) in [6.07, 6.45) is 5.80. The maximum absolute atomic E-state index is 14.6. The van der Waals surface area contributed by atoms with Gasteiger partial charge in [-0.05, 0) is 69.4 Å². The van der Waals surface area contributed by atoms with Crippen molar-refractivity contribution >= 4 is 34.9 Å². The molecule has 1 atom stereocenters. The van der Waals surface area contributed by atoms with E-state index in [0.29, 0.717) is 27.6 Å². The molecule has 3 aromatic heterocycles. The summed E-state index contributed by atoms with van der Waals surface area (Å²) in [4.78, 5) is 1.20. The topological polar surface area (TPSA) is 102 Å². The summed E-state index contributed by atoms with van der Waals surface area (Å²) in [5.41, 5.74) is 4.36. The number of nitriles is 1. The Morgan fingerprint density at radius 3 is 2.56 bits per heavy atom. The maximum atomic E-state index is 14.6. The van der Waals surface area contributed by atoms with E-state index in [4.69, 9.17) is 18.6 Å². The number of rotatable bonds is 10. The Balaban J connectivity index is 1.56. The van der Waals surface area contributed by atoms with Crippen LogP contribution < -0.4 is 5.32 Å². The van der Waals surface area contributed by atoms with Crippen LogP contribution in [0.4, 0.5) is 5.00 Å². The van der Waals surface area contributed by atoms with Gasteiger partial charge >= 0.3 is 7.60 Å². The number of nitrogens with zero attached hydrogens (tertiary/aromatic N) is 3. The number of furan rings is 1. The first-order valence-corrected chi connectivity index (χ1v) is 16.3. The minimum atomic E-state index is -3.82. The van der Waals surface area contributed by atoms with E-state index in [0.717, 1.165) is 47.9 Å². The molecule has 1 unspecified atom stereocenters. The summed E-state index contributed by atoms with van der Waals surface area (Å²) in [5, 5.41) is 20.2. The van der Waals surface area contributed by atoms with E-state index in [1.54, 1.807) is 29.9 Å². The van der Waals surface area contributed by atoms with Gasteiger partial charge in [-0.2, -0.15) is 10.4 Å². The molecule has 0 amide bonds. The van der Waals surface area contributed by atoms with Crippen LogP contribution in [0.3, 0.4) is 0 Å². The van der Waals surface area contributed by atoms with Crippen molar-refractivity contribution in [2.45, 2.75) is 45.3 Å². The Morgan fingerprint density at radius 2 is 1.83 bits per heavy atom. The molecule has 1 aliphatic carbocycles. The highest BCUT2D eigenvalue weighted by Crippen LogP contribution is 2.62. The number of para-hydroxylation sites is 2. The van der Waals surface area contributed by atoms with E-state index < -0.39 is 13.4 Å². The predicted molar refractivity (Wildman–Crippen MR) is 162 cm³/mol. The van der Waals surface area contributed by atoms with Crippen LogP contribution in [-0.2, 0) is 26.5 Å². The summed E-state index contributed by atoms with van der Waals surface area (Å²) in [5.74, 6) is -0.413. The molecule has 1 aliphatic rings. The fraction of sp³-hybridized carbons (Fsp3) is 0.290. The molecule has 5 aromatic rings. The molecule has 0 radical (unpaired) electrons. The highest BCUT2D eigenvalue weighted by molar-refractivity contribution is 7.54. The van der Waals surface area contributed by atoms with Gasteiger partial charge in [0.2, 0.25) is 0 Å². The number of fused-ring (bicyclic) bond motifs is 2. The van der Waals surface area contributed by atoms with Gasteiger partial charge in [0, 0.05) is 22.0 Å². The third-order valence-corrected chi connectivity index (χ3v) is 10.7. The third-order valence-electron chi connectivity index (χ3n) is 7.20. The Kier molecular flexibility index (Phi) is 7.83. The van der Waals surface area contributed by atoms with Crippen molar-refractivity contribution in [3.8, 4) is 23.2 Å². The highest BCUT2D eigenvalue weighted by Gasteiger charge is 2.41.